The number of primary amides is 1. The second-order valence-electron chi connectivity index (χ2n) is 16.4. The molecular weight excluding hydrogens is 701 g/mol. The van der Waals surface area contributed by atoms with Crippen LogP contribution < -0.4 is 20.7 Å². The highest BCUT2D eigenvalue weighted by molar-refractivity contribution is 5.97. The molecule has 2 amide bonds. The number of amides is 2. The van der Waals surface area contributed by atoms with Crippen molar-refractivity contribution in [3.05, 3.63) is 83.2 Å². The molecule has 2 fully saturated rings. The van der Waals surface area contributed by atoms with E-state index in [2.05, 4.69) is 26.1 Å². The van der Waals surface area contributed by atoms with Gasteiger partial charge in [0.05, 0.1) is 26.9 Å². The van der Waals surface area contributed by atoms with Crippen LogP contribution in [0.5, 0.6) is 5.75 Å². The SMILES string of the molecule is CC1CCCC(C)(C)C1.COc1c(CN2OC(CO)C(CO)C2C(N)=O)cc(F)cc1-c1cc(C(=O)NC(Cc2ccccc2)CN(C)C)cc(N(C)C)c1. The Morgan fingerprint density at radius 1 is 1.07 bits per heavy atom. The lowest BCUT2D eigenvalue weighted by molar-refractivity contribution is -0.180. The monoisotopic (exact) mass is 763 g/mol. The number of anilines is 1. The Hall–Kier alpha value is -4.07. The third-order valence-corrected chi connectivity index (χ3v) is 10.5. The zero-order valence-electron chi connectivity index (χ0n) is 33.8. The molecule has 1 aliphatic heterocycles. The quantitative estimate of drug-likeness (QED) is 0.173. The van der Waals surface area contributed by atoms with E-state index in [9.17, 15) is 19.8 Å². The summed E-state index contributed by atoms with van der Waals surface area (Å²) in [5, 5.41) is 24.1. The van der Waals surface area contributed by atoms with E-state index in [0.29, 0.717) is 46.4 Å². The van der Waals surface area contributed by atoms with Crippen LogP contribution in [-0.4, -0.2) is 105 Å². The molecule has 0 aromatic heterocycles. The van der Waals surface area contributed by atoms with Crippen LogP contribution >= 0.6 is 0 Å². The first-order valence-electron chi connectivity index (χ1n) is 19.2. The van der Waals surface area contributed by atoms with Crippen molar-refractivity contribution in [3.8, 4) is 16.9 Å². The molecule has 3 aromatic rings. The molecular formula is C43H62FN5O6. The molecule has 0 radical (unpaired) electrons. The van der Waals surface area contributed by atoms with E-state index in [1.54, 1.807) is 12.1 Å². The summed E-state index contributed by atoms with van der Waals surface area (Å²) in [5.41, 5.74) is 9.76. The van der Waals surface area contributed by atoms with Gasteiger partial charge in [-0.2, -0.15) is 5.06 Å². The fourth-order valence-corrected chi connectivity index (χ4v) is 8.00. The number of aliphatic hydroxyl groups excluding tert-OH is 2. The second kappa shape index (κ2) is 19.7. The van der Waals surface area contributed by atoms with Crippen LogP contribution in [0.3, 0.4) is 0 Å². The fraction of sp³-hybridized carbons (Fsp3) is 0.535. The van der Waals surface area contributed by atoms with E-state index < -0.39 is 43.0 Å². The van der Waals surface area contributed by atoms with Crippen LogP contribution in [0.2, 0.25) is 0 Å². The number of carbonyl (C=O) groups is 2. The lowest BCUT2D eigenvalue weighted by Crippen LogP contribution is -2.44. The minimum Gasteiger partial charge on any atom is -0.496 e. The van der Waals surface area contributed by atoms with Crippen molar-refractivity contribution in [2.45, 2.75) is 77.6 Å². The first-order chi connectivity index (χ1) is 26.0. The van der Waals surface area contributed by atoms with Crippen molar-refractivity contribution in [1.82, 2.24) is 15.3 Å². The third kappa shape index (κ3) is 12.0. The Labute approximate surface area is 326 Å². The van der Waals surface area contributed by atoms with Crippen LogP contribution in [0.1, 0.15) is 67.9 Å². The highest BCUT2D eigenvalue weighted by atomic mass is 19.1. The maximum Gasteiger partial charge on any atom is 0.251 e. The van der Waals surface area contributed by atoms with Gasteiger partial charge in [0.1, 0.15) is 23.7 Å². The van der Waals surface area contributed by atoms with E-state index in [1.807, 2.05) is 74.4 Å². The highest BCUT2D eigenvalue weighted by Gasteiger charge is 2.46. The van der Waals surface area contributed by atoms with Crippen molar-refractivity contribution < 1.29 is 33.8 Å². The number of aliphatic hydroxyl groups is 2. The average molecular weight is 764 g/mol. The summed E-state index contributed by atoms with van der Waals surface area (Å²) < 4.78 is 21.1. The van der Waals surface area contributed by atoms with Crippen LogP contribution in [0.4, 0.5) is 10.1 Å². The van der Waals surface area contributed by atoms with Crippen molar-refractivity contribution in [2.75, 3.05) is 60.0 Å². The molecule has 0 spiro atoms. The predicted octanol–water partition coefficient (Wildman–Crippen LogP) is 5.26. The van der Waals surface area contributed by atoms with E-state index in [4.69, 9.17) is 15.3 Å². The minimum atomic E-state index is -1.06. The number of hydrogen-bond donors (Lipinski definition) is 4. The maximum absolute atomic E-state index is 15.3. The molecule has 5 rings (SSSR count). The van der Waals surface area contributed by atoms with Gasteiger partial charge in [0.25, 0.3) is 5.91 Å². The zero-order chi connectivity index (χ0) is 40.4. The van der Waals surface area contributed by atoms with Crippen LogP contribution in [0.15, 0.2) is 60.7 Å². The van der Waals surface area contributed by atoms with Crippen molar-refractivity contribution in [2.24, 2.45) is 23.0 Å². The van der Waals surface area contributed by atoms with Gasteiger partial charge in [-0.25, -0.2) is 4.39 Å². The van der Waals surface area contributed by atoms with Gasteiger partial charge in [-0.3, -0.25) is 14.4 Å². The smallest absolute Gasteiger partial charge is 0.251 e. The summed E-state index contributed by atoms with van der Waals surface area (Å²) in [6.45, 7) is 6.78. The number of hydrogen-bond acceptors (Lipinski definition) is 9. The highest BCUT2D eigenvalue weighted by Crippen LogP contribution is 2.40. The number of hydroxylamine groups is 2. The lowest BCUT2D eigenvalue weighted by atomic mass is 9.73. The Kier molecular flexibility index (Phi) is 15.6. The summed E-state index contributed by atoms with van der Waals surface area (Å²) in [4.78, 5) is 35.7. The topological polar surface area (TPSA) is 141 Å². The first kappa shape index (κ1) is 43.7. The zero-order valence-corrected chi connectivity index (χ0v) is 33.8. The number of carbonyl (C=O) groups excluding carboxylic acids is 2. The van der Waals surface area contributed by atoms with Gasteiger partial charge in [0.15, 0.2) is 0 Å². The molecule has 5 unspecified atom stereocenters. The molecule has 11 nitrogen and oxygen atoms in total. The molecule has 1 saturated carbocycles. The second-order valence-corrected chi connectivity index (χ2v) is 16.4. The first-order valence-corrected chi connectivity index (χ1v) is 19.2. The molecule has 1 heterocycles. The Morgan fingerprint density at radius 2 is 1.78 bits per heavy atom. The third-order valence-electron chi connectivity index (χ3n) is 10.5. The molecule has 55 heavy (non-hydrogen) atoms. The molecule has 5 atom stereocenters. The number of halogens is 1. The van der Waals surface area contributed by atoms with Crippen molar-refractivity contribution >= 4 is 17.5 Å². The molecule has 3 aromatic carbocycles. The number of ether oxygens (including phenoxy) is 1. The van der Waals surface area contributed by atoms with Crippen LogP contribution in [-0.2, 0) is 22.6 Å². The van der Waals surface area contributed by atoms with Crippen molar-refractivity contribution in [1.29, 1.82) is 0 Å². The number of nitrogens with two attached hydrogens (primary N) is 1. The van der Waals surface area contributed by atoms with Crippen LogP contribution in [0.25, 0.3) is 11.1 Å². The minimum absolute atomic E-state index is 0.124. The Morgan fingerprint density at radius 3 is 2.33 bits per heavy atom. The molecule has 12 heteroatoms. The Bertz CT molecular complexity index is 1720. The van der Waals surface area contributed by atoms with E-state index in [1.165, 1.54) is 50.0 Å². The van der Waals surface area contributed by atoms with Gasteiger partial charge in [-0.15, -0.1) is 0 Å². The molecule has 1 aliphatic carbocycles. The van der Waals surface area contributed by atoms with Gasteiger partial charge >= 0.3 is 0 Å². The predicted molar refractivity (Wildman–Crippen MR) is 215 cm³/mol. The summed E-state index contributed by atoms with van der Waals surface area (Å²) in [5.74, 6) is -1.08. The molecule has 2 aliphatic rings. The number of benzene rings is 3. The van der Waals surface area contributed by atoms with Gasteiger partial charge < -0.3 is 35.8 Å². The van der Waals surface area contributed by atoms with Crippen molar-refractivity contribution in [3.63, 3.8) is 0 Å². The Balaban J connectivity index is 0.000000654. The van der Waals surface area contributed by atoms with Gasteiger partial charge in [-0.05, 0) is 86.1 Å². The summed E-state index contributed by atoms with van der Waals surface area (Å²) in [6, 6.07) is 16.6. The number of likely N-dealkylation sites (N-methyl/N-ethyl adjacent to an activating group) is 1. The maximum atomic E-state index is 15.3. The van der Waals surface area contributed by atoms with Crippen LogP contribution in [0, 0.1) is 23.1 Å². The molecule has 5 N–H and O–H groups in total. The van der Waals surface area contributed by atoms with E-state index in [-0.39, 0.29) is 18.5 Å². The lowest BCUT2D eigenvalue weighted by Gasteiger charge is -2.33. The number of nitrogens with one attached hydrogen (secondary N) is 1. The normalized spacial score (nSPS) is 21.4. The van der Waals surface area contributed by atoms with Gasteiger partial charge in [0.2, 0.25) is 5.91 Å². The molecule has 0 bridgehead atoms. The number of nitrogens with zero attached hydrogens (tertiary/aromatic N) is 3. The van der Waals surface area contributed by atoms with Gasteiger partial charge in [-0.1, -0.05) is 63.9 Å². The van der Waals surface area contributed by atoms with Gasteiger partial charge in [0, 0.05) is 55.0 Å². The number of methoxy groups -OCH3 is 1. The standard InChI is InChI=1S/C34H44FN5O6.C9H18/c1-38(2)18-26(11-21-9-7-6-8-10-21)37-34(44)23-12-22(14-27(15-23)39(3)4)28-16-25(35)13-24(32(28)45-5)17-40-31(33(36)43)29(19-41)30(20-42)46-40;1-8-5-4-6-9(2,3)7-8/h6-10,12-16,26,29-31,41-42H,11,17-20H2,1-5H3,(H2,36,43)(H,37,44);8H,4-7H2,1-3H3. The fourth-order valence-electron chi connectivity index (χ4n) is 8.00. The summed E-state index contributed by atoms with van der Waals surface area (Å²) >= 11 is 0. The number of rotatable bonds is 14. The summed E-state index contributed by atoms with van der Waals surface area (Å²) in [6.07, 6.45) is 5.57. The molecule has 1 saturated heterocycles. The van der Waals surface area contributed by atoms with E-state index >= 15 is 4.39 Å². The average Bonchev–Trinajstić information content (AvgIpc) is 3.48. The van der Waals surface area contributed by atoms with E-state index in [0.717, 1.165) is 17.2 Å². The summed E-state index contributed by atoms with van der Waals surface area (Å²) in [7, 11) is 9.06. The largest absolute Gasteiger partial charge is 0.496 e. The molecule has 302 valence electrons.